The number of hydrogen-bond donors (Lipinski definition) is 1. The molecule has 3 rings (SSSR count). The molecule has 1 saturated carbocycles. The summed E-state index contributed by atoms with van der Waals surface area (Å²) < 4.78 is 18.8. The second-order valence-electron chi connectivity index (χ2n) is 6.23. The third-order valence-electron chi connectivity index (χ3n) is 4.83. The van der Waals surface area contributed by atoms with Crippen molar-refractivity contribution in [2.75, 3.05) is 7.11 Å². The molecule has 1 aromatic carbocycles. The summed E-state index contributed by atoms with van der Waals surface area (Å²) in [6.45, 7) is 0.282. The molecule has 0 radical (unpaired) electrons. The summed E-state index contributed by atoms with van der Waals surface area (Å²) in [6.07, 6.45) is 4.28. The van der Waals surface area contributed by atoms with Crippen molar-refractivity contribution in [1.82, 2.24) is 5.32 Å². The lowest BCUT2D eigenvalue weighted by molar-refractivity contribution is -0.146. The van der Waals surface area contributed by atoms with Crippen molar-refractivity contribution in [2.24, 2.45) is 11.8 Å². The van der Waals surface area contributed by atoms with Crippen molar-refractivity contribution in [1.29, 1.82) is 0 Å². The summed E-state index contributed by atoms with van der Waals surface area (Å²) in [5.74, 6) is -0.176. The predicted octanol–water partition coefficient (Wildman–Crippen LogP) is 2.59. The third-order valence-corrected chi connectivity index (χ3v) is 4.83. The Kier molecular flexibility index (Phi) is 4.14. The van der Waals surface area contributed by atoms with E-state index in [-0.39, 0.29) is 30.2 Å². The number of benzene rings is 1. The molecule has 5 heteroatoms. The largest absolute Gasteiger partial charge is 0.469 e. The van der Waals surface area contributed by atoms with E-state index < -0.39 is 0 Å². The summed E-state index contributed by atoms with van der Waals surface area (Å²) >= 11 is 0. The van der Waals surface area contributed by atoms with Crippen LogP contribution in [0.15, 0.2) is 12.1 Å². The number of rotatable bonds is 3. The van der Waals surface area contributed by atoms with Gasteiger partial charge in [-0.05, 0) is 55.7 Å². The molecule has 4 nitrogen and oxygen atoms in total. The van der Waals surface area contributed by atoms with E-state index in [1.165, 1.54) is 7.11 Å². The third kappa shape index (κ3) is 2.85. The summed E-state index contributed by atoms with van der Waals surface area (Å²) in [7, 11) is 1.42. The Morgan fingerprint density at radius 3 is 2.73 bits per heavy atom. The van der Waals surface area contributed by atoms with Gasteiger partial charge in [-0.2, -0.15) is 0 Å². The minimum Gasteiger partial charge on any atom is -0.469 e. The average molecular weight is 305 g/mol. The van der Waals surface area contributed by atoms with Gasteiger partial charge in [0.1, 0.15) is 5.82 Å². The molecule has 2 aliphatic rings. The first-order chi connectivity index (χ1) is 10.6. The van der Waals surface area contributed by atoms with Crippen molar-refractivity contribution >= 4 is 11.9 Å². The first kappa shape index (κ1) is 15.0. The second-order valence-corrected chi connectivity index (χ2v) is 6.23. The van der Waals surface area contributed by atoms with Gasteiger partial charge in [0.05, 0.1) is 13.0 Å². The Morgan fingerprint density at radius 1 is 1.32 bits per heavy atom. The van der Waals surface area contributed by atoms with Gasteiger partial charge in [0.2, 0.25) is 0 Å². The molecule has 1 N–H and O–H groups in total. The van der Waals surface area contributed by atoms with Crippen LogP contribution >= 0.6 is 0 Å². The van der Waals surface area contributed by atoms with E-state index in [9.17, 15) is 14.0 Å². The highest BCUT2D eigenvalue weighted by molar-refractivity contribution is 5.98. The van der Waals surface area contributed by atoms with Crippen LogP contribution < -0.4 is 5.32 Å². The van der Waals surface area contributed by atoms with E-state index in [0.29, 0.717) is 17.0 Å². The molecule has 1 aliphatic carbocycles. The number of hydrogen-bond acceptors (Lipinski definition) is 3. The minimum absolute atomic E-state index is 0.00350. The highest BCUT2D eigenvalue weighted by Gasteiger charge is 2.28. The Hall–Kier alpha value is -1.91. The average Bonchev–Trinajstić information content (AvgIpc) is 2.89. The fourth-order valence-corrected chi connectivity index (χ4v) is 3.56. The molecule has 0 aromatic heterocycles. The Morgan fingerprint density at radius 2 is 2.05 bits per heavy atom. The fraction of sp³-hybridized carbons (Fsp3) is 0.529. The van der Waals surface area contributed by atoms with Crippen LogP contribution in [0.25, 0.3) is 0 Å². The molecule has 1 aromatic rings. The summed E-state index contributed by atoms with van der Waals surface area (Å²) in [6, 6.07) is 3.36. The van der Waals surface area contributed by atoms with E-state index in [4.69, 9.17) is 4.74 Å². The zero-order valence-electron chi connectivity index (χ0n) is 12.7. The van der Waals surface area contributed by atoms with Gasteiger partial charge < -0.3 is 10.1 Å². The van der Waals surface area contributed by atoms with Crippen molar-refractivity contribution in [2.45, 2.75) is 38.6 Å². The number of halogens is 1. The molecular formula is C17H20FNO3. The minimum atomic E-state index is -0.297. The predicted molar refractivity (Wildman–Crippen MR) is 78.7 cm³/mol. The van der Waals surface area contributed by atoms with Crippen molar-refractivity contribution in [3.05, 3.63) is 34.6 Å². The number of esters is 1. The smallest absolute Gasteiger partial charge is 0.308 e. The van der Waals surface area contributed by atoms with E-state index >= 15 is 0 Å². The maximum absolute atomic E-state index is 14.0. The molecule has 0 atom stereocenters. The maximum Gasteiger partial charge on any atom is 0.308 e. The van der Waals surface area contributed by atoms with Crippen LogP contribution in [-0.4, -0.2) is 19.0 Å². The molecular weight excluding hydrogens is 285 g/mol. The van der Waals surface area contributed by atoms with Gasteiger partial charge >= 0.3 is 5.97 Å². The van der Waals surface area contributed by atoms with Gasteiger partial charge in [-0.15, -0.1) is 0 Å². The van der Waals surface area contributed by atoms with Gasteiger partial charge in [0.25, 0.3) is 5.91 Å². The first-order valence-electron chi connectivity index (χ1n) is 7.75. The Labute approximate surface area is 129 Å². The quantitative estimate of drug-likeness (QED) is 0.873. The van der Waals surface area contributed by atoms with Gasteiger partial charge in [0, 0.05) is 17.7 Å². The molecule has 118 valence electrons. The van der Waals surface area contributed by atoms with Crippen molar-refractivity contribution < 1.29 is 18.7 Å². The number of carbonyl (C=O) groups excluding carboxylic acids is 2. The summed E-state index contributed by atoms with van der Waals surface area (Å²) in [5, 5.41) is 2.65. The maximum atomic E-state index is 14.0. The lowest BCUT2D eigenvalue weighted by Gasteiger charge is -2.27. The Bertz CT molecular complexity index is 606. The first-order valence-corrected chi connectivity index (χ1v) is 7.75. The van der Waals surface area contributed by atoms with Crippen LogP contribution in [0.1, 0.15) is 47.2 Å². The standard InChI is InChI=1S/C17H20FNO3/c1-22-17(21)12-4-2-10(3-5-12)6-11-7-13-14(15(18)8-11)9-19-16(13)20/h7-8,10,12H,2-6,9H2,1H3,(H,19,20). The van der Waals surface area contributed by atoms with Crippen LogP contribution in [0.3, 0.4) is 0 Å². The van der Waals surface area contributed by atoms with Gasteiger partial charge in [-0.25, -0.2) is 4.39 Å². The SMILES string of the molecule is COC(=O)C1CCC(Cc2cc(F)c3c(c2)C(=O)NC3)CC1. The van der Waals surface area contributed by atoms with Crippen LogP contribution in [0.5, 0.6) is 0 Å². The fourth-order valence-electron chi connectivity index (χ4n) is 3.56. The zero-order valence-corrected chi connectivity index (χ0v) is 12.7. The number of nitrogens with one attached hydrogen (secondary N) is 1. The van der Waals surface area contributed by atoms with E-state index in [1.54, 1.807) is 6.07 Å². The van der Waals surface area contributed by atoms with E-state index in [1.807, 2.05) is 6.07 Å². The molecule has 1 fully saturated rings. The molecule has 0 saturated heterocycles. The van der Waals surface area contributed by atoms with Crippen LogP contribution in [0.2, 0.25) is 0 Å². The number of ether oxygens (including phenoxy) is 1. The number of methoxy groups -OCH3 is 1. The van der Waals surface area contributed by atoms with Crippen LogP contribution in [-0.2, 0) is 22.5 Å². The zero-order chi connectivity index (χ0) is 15.7. The van der Waals surface area contributed by atoms with Gasteiger partial charge in [0.15, 0.2) is 0 Å². The summed E-state index contributed by atoms with van der Waals surface area (Å²) in [5.41, 5.74) is 1.82. The molecule has 1 heterocycles. The highest BCUT2D eigenvalue weighted by atomic mass is 19.1. The molecule has 0 bridgehead atoms. The number of amides is 1. The lowest BCUT2D eigenvalue weighted by Crippen LogP contribution is -2.23. The second kappa shape index (κ2) is 6.07. The van der Waals surface area contributed by atoms with Crippen LogP contribution in [0, 0.1) is 17.7 Å². The van der Waals surface area contributed by atoms with Crippen molar-refractivity contribution in [3.63, 3.8) is 0 Å². The van der Waals surface area contributed by atoms with E-state index in [2.05, 4.69) is 5.32 Å². The molecule has 1 aliphatic heterocycles. The lowest BCUT2D eigenvalue weighted by atomic mass is 9.79. The Balaban J connectivity index is 1.65. The molecule has 1 amide bonds. The molecule has 22 heavy (non-hydrogen) atoms. The molecule has 0 spiro atoms. The van der Waals surface area contributed by atoms with E-state index in [0.717, 1.165) is 37.7 Å². The highest BCUT2D eigenvalue weighted by Crippen LogP contribution is 2.32. The number of fused-ring (bicyclic) bond motifs is 1. The monoisotopic (exact) mass is 305 g/mol. The van der Waals surface area contributed by atoms with Gasteiger partial charge in [-0.1, -0.05) is 0 Å². The molecule has 0 unspecified atom stereocenters. The number of carbonyl (C=O) groups is 2. The van der Waals surface area contributed by atoms with Gasteiger partial charge in [-0.3, -0.25) is 9.59 Å². The van der Waals surface area contributed by atoms with Crippen molar-refractivity contribution in [3.8, 4) is 0 Å². The topological polar surface area (TPSA) is 55.4 Å². The summed E-state index contributed by atoms with van der Waals surface area (Å²) in [4.78, 5) is 23.2. The normalized spacial score (nSPS) is 23.8. The van der Waals surface area contributed by atoms with Crippen LogP contribution in [0.4, 0.5) is 4.39 Å².